The van der Waals surface area contributed by atoms with Gasteiger partial charge in [0.1, 0.15) is 5.82 Å². The molecule has 1 aliphatic rings. The molecule has 3 rings (SSSR count). The number of benzene rings is 1. The summed E-state index contributed by atoms with van der Waals surface area (Å²) >= 11 is 0. The Hall–Kier alpha value is -3.00. The minimum atomic E-state index is -0.610. The molecule has 1 aliphatic heterocycles. The van der Waals surface area contributed by atoms with Gasteiger partial charge in [-0.15, -0.1) is 0 Å². The normalized spacial score (nSPS) is 14.6. The van der Waals surface area contributed by atoms with Crippen LogP contribution in [0.4, 0.5) is 4.39 Å². The van der Waals surface area contributed by atoms with E-state index in [-0.39, 0.29) is 23.9 Å². The second-order valence-electron chi connectivity index (χ2n) is 6.41. The van der Waals surface area contributed by atoms with Crippen molar-refractivity contribution in [3.8, 4) is 5.88 Å². The molecular weight excluding hydrogens is 365 g/mol. The molecule has 0 N–H and O–H groups in total. The number of rotatable bonds is 6. The number of aromatic nitrogens is 1. The molecule has 7 nitrogen and oxygen atoms in total. The van der Waals surface area contributed by atoms with Crippen LogP contribution in [0.5, 0.6) is 5.88 Å². The Morgan fingerprint density at radius 1 is 1.11 bits per heavy atom. The summed E-state index contributed by atoms with van der Waals surface area (Å²) in [6.07, 6.45) is 1.34. The maximum absolute atomic E-state index is 13.8. The largest absolute Gasteiger partial charge is 0.481 e. The van der Waals surface area contributed by atoms with Crippen LogP contribution >= 0.6 is 0 Å². The van der Waals surface area contributed by atoms with E-state index in [0.29, 0.717) is 44.2 Å². The number of ether oxygens (including phenoxy) is 2. The number of esters is 1. The van der Waals surface area contributed by atoms with Gasteiger partial charge in [0.05, 0.1) is 12.7 Å². The molecule has 0 unspecified atom stereocenters. The van der Waals surface area contributed by atoms with Crippen molar-refractivity contribution < 1.29 is 23.5 Å². The van der Waals surface area contributed by atoms with E-state index in [1.807, 2.05) is 6.07 Å². The standard InChI is InChI=1S/C20H22FN3O4/c1-27-18-7-6-15(12-22-18)20(26)28-14-19(25)24-10-8-23(9-11-24)13-16-4-2-3-5-17(16)21/h2-7,12H,8-11,13-14H2,1H3. The van der Waals surface area contributed by atoms with Crippen molar-refractivity contribution in [2.24, 2.45) is 0 Å². The fourth-order valence-corrected chi connectivity index (χ4v) is 2.95. The molecule has 1 aromatic heterocycles. The van der Waals surface area contributed by atoms with Crippen molar-refractivity contribution in [3.63, 3.8) is 0 Å². The molecule has 28 heavy (non-hydrogen) atoms. The Labute approximate surface area is 162 Å². The molecule has 1 aromatic carbocycles. The highest BCUT2D eigenvalue weighted by Crippen LogP contribution is 2.12. The smallest absolute Gasteiger partial charge is 0.340 e. The maximum Gasteiger partial charge on any atom is 0.340 e. The van der Waals surface area contributed by atoms with Crippen LogP contribution in [0, 0.1) is 5.82 Å². The number of hydrogen-bond donors (Lipinski definition) is 0. The summed E-state index contributed by atoms with van der Waals surface area (Å²) in [5.74, 6) is -0.691. The first-order chi connectivity index (χ1) is 13.6. The summed E-state index contributed by atoms with van der Waals surface area (Å²) in [7, 11) is 1.48. The molecule has 0 saturated carbocycles. The Morgan fingerprint density at radius 2 is 1.86 bits per heavy atom. The Morgan fingerprint density at radius 3 is 2.50 bits per heavy atom. The van der Waals surface area contributed by atoms with Gasteiger partial charge in [0, 0.05) is 50.6 Å². The average Bonchev–Trinajstić information content (AvgIpc) is 2.74. The zero-order chi connectivity index (χ0) is 19.9. The van der Waals surface area contributed by atoms with Gasteiger partial charge < -0.3 is 14.4 Å². The molecular formula is C20H22FN3O4. The predicted octanol–water partition coefficient (Wildman–Crippen LogP) is 1.73. The van der Waals surface area contributed by atoms with Crippen LogP contribution in [0.2, 0.25) is 0 Å². The number of methoxy groups -OCH3 is 1. The Kier molecular flexibility index (Phi) is 6.54. The summed E-state index contributed by atoms with van der Waals surface area (Å²) in [4.78, 5) is 32.0. The first-order valence-electron chi connectivity index (χ1n) is 8.97. The topological polar surface area (TPSA) is 72.0 Å². The summed E-state index contributed by atoms with van der Waals surface area (Å²) < 4.78 is 23.8. The van der Waals surface area contributed by atoms with E-state index < -0.39 is 5.97 Å². The molecule has 1 amide bonds. The van der Waals surface area contributed by atoms with Gasteiger partial charge in [0.15, 0.2) is 6.61 Å². The van der Waals surface area contributed by atoms with Crippen molar-refractivity contribution in [2.75, 3.05) is 39.9 Å². The molecule has 0 atom stereocenters. The summed E-state index contributed by atoms with van der Waals surface area (Å²) in [5, 5.41) is 0. The molecule has 0 bridgehead atoms. The highest BCUT2D eigenvalue weighted by molar-refractivity contribution is 5.91. The first kappa shape index (κ1) is 19.8. The molecule has 1 fully saturated rings. The number of amides is 1. The SMILES string of the molecule is COc1ccc(C(=O)OCC(=O)N2CCN(Cc3ccccc3F)CC2)cn1. The van der Waals surface area contributed by atoms with E-state index in [1.54, 1.807) is 23.1 Å². The average molecular weight is 387 g/mol. The van der Waals surface area contributed by atoms with Crippen molar-refractivity contribution in [1.29, 1.82) is 0 Å². The maximum atomic E-state index is 13.8. The van der Waals surface area contributed by atoms with E-state index >= 15 is 0 Å². The van der Waals surface area contributed by atoms with Crippen LogP contribution in [0.25, 0.3) is 0 Å². The van der Waals surface area contributed by atoms with Crippen LogP contribution in [0.15, 0.2) is 42.6 Å². The summed E-state index contributed by atoms with van der Waals surface area (Å²) in [5.41, 5.74) is 0.896. The number of carbonyl (C=O) groups is 2. The van der Waals surface area contributed by atoms with Gasteiger partial charge in [-0.3, -0.25) is 9.69 Å². The molecule has 8 heteroatoms. The van der Waals surface area contributed by atoms with E-state index in [0.717, 1.165) is 0 Å². The van der Waals surface area contributed by atoms with Crippen LogP contribution in [-0.2, 0) is 16.1 Å². The van der Waals surface area contributed by atoms with Gasteiger partial charge in [-0.1, -0.05) is 18.2 Å². The number of halogens is 1. The molecule has 0 radical (unpaired) electrons. The number of nitrogens with zero attached hydrogens (tertiary/aromatic N) is 3. The van der Waals surface area contributed by atoms with Gasteiger partial charge in [-0.05, 0) is 12.1 Å². The lowest BCUT2D eigenvalue weighted by atomic mass is 10.2. The van der Waals surface area contributed by atoms with E-state index in [2.05, 4.69) is 9.88 Å². The molecule has 0 spiro atoms. The minimum absolute atomic E-state index is 0.221. The summed E-state index contributed by atoms with van der Waals surface area (Å²) in [6, 6.07) is 9.76. The van der Waals surface area contributed by atoms with Crippen molar-refractivity contribution in [1.82, 2.24) is 14.8 Å². The monoisotopic (exact) mass is 387 g/mol. The van der Waals surface area contributed by atoms with Crippen LogP contribution in [-0.4, -0.2) is 66.6 Å². The van der Waals surface area contributed by atoms with Crippen LogP contribution in [0.3, 0.4) is 0 Å². The van der Waals surface area contributed by atoms with Crippen molar-refractivity contribution in [2.45, 2.75) is 6.54 Å². The lowest BCUT2D eigenvalue weighted by Gasteiger charge is -2.34. The number of carbonyl (C=O) groups excluding carboxylic acids is 2. The Balaban J connectivity index is 1.43. The fourth-order valence-electron chi connectivity index (χ4n) is 2.95. The predicted molar refractivity (Wildman–Crippen MR) is 99.3 cm³/mol. The lowest BCUT2D eigenvalue weighted by Crippen LogP contribution is -2.49. The van der Waals surface area contributed by atoms with Gasteiger partial charge in [0.25, 0.3) is 5.91 Å². The molecule has 0 aliphatic carbocycles. The highest BCUT2D eigenvalue weighted by atomic mass is 19.1. The molecule has 2 heterocycles. The third-order valence-corrected chi connectivity index (χ3v) is 4.58. The fraction of sp³-hybridized carbons (Fsp3) is 0.350. The first-order valence-corrected chi connectivity index (χ1v) is 8.97. The molecule has 148 valence electrons. The van der Waals surface area contributed by atoms with E-state index in [9.17, 15) is 14.0 Å². The van der Waals surface area contributed by atoms with Gasteiger partial charge in [0.2, 0.25) is 5.88 Å². The Bertz CT molecular complexity index is 820. The van der Waals surface area contributed by atoms with Gasteiger partial charge in [-0.2, -0.15) is 0 Å². The zero-order valence-electron chi connectivity index (χ0n) is 15.6. The summed E-state index contributed by atoms with van der Waals surface area (Å²) in [6.45, 7) is 2.48. The lowest BCUT2D eigenvalue weighted by molar-refractivity contribution is -0.136. The molecule has 1 saturated heterocycles. The zero-order valence-corrected chi connectivity index (χ0v) is 15.6. The van der Waals surface area contributed by atoms with E-state index in [4.69, 9.17) is 9.47 Å². The van der Waals surface area contributed by atoms with Gasteiger partial charge >= 0.3 is 5.97 Å². The van der Waals surface area contributed by atoms with Gasteiger partial charge in [-0.25, -0.2) is 14.2 Å². The van der Waals surface area contributed by atoms with Crippen molar-refractivity contribution in [3.05, 3.63) is 59.5 Å². The second-order valence-corrected chi connectivity index (χ2v) is 6.41. The third kappa shape index (κ3) is 5.04. The quantitative estimate of drug-likeness (QED) is 0.703. The highest BCUT2D eigenvalue weighted by Gasteiger charge is 2.23. The second kappa shape index (κ2) is 9.27. The van der Waals surface area contributed by atoms with E-state index in [1.165, 1.54) is 25.4 Å². The third-order valence-electron chi connectivity index (χ3n) is 4.58. The number of pyridine rings is 1. The van der Waals surface area contributed by atoms with Crippen LogP contribution in [0.1, 0.15) is 15.9 Å². The number of hydrogen-bond acceptors (Lipinski definition) is 6. The number of piperazine rings is 1. The van der Waals surface area contributed by atoms with Crippen LogP contribution < -0.4 is 4.74 Å². The minimum Gasteiger partial charge on any atom is -0.481 e. The molecule has 2 aromatic rings. The van der Waals surface area contributed by atoms with Crippen molar-refractivity contribution >= 4 is 11.9 Å².